The molecule has 0 unspecified atom stereocenters. The van der Waals surface area contributed by atoms with Crippen molar-refractivity contribution in [2.45, 2.75) is 37.3 Å². The Hall–Kier alpha value is -1.11. The maximum atomic E-state index is 13.7. The average Bonchev–Trinajstić information content (AvgIpc) is 2.81. The van der Waals surface area contributed by atoms with E-state index in [2.05, 4.69) is 17.1 Å². The number of rotatable bonds is 6. The summed E-state index contributed by atoms with van der Waals surface area (Å²) in [5, 5.41) is 9.33. The monoisotopic (exact) mass is 314 g/mol. The zero-order valence-corrected chi connectivity index (χ0v) is 12.7. The third kappa shape index (κ3) is 3.31. The molecule has 0 radical (unpaired) electrons. The van der Waals surface area contributed by atoms with Gasteiger partial charge in [0.1, 0.15) is 11.6 Å². The molecule has 108 valence electrons. The largest absolute Gasteiger partial charge is 0.324 e. The zero-order valence-electron chi connectivity index (χ0n) is 11.1. The summed E-state index contributed by atoms with van der Waals surface area (Å²) in [5.41, 5.74) is 6.12. The molecule has 1 aromatic carbocycles. The molecule has 0 aliphatic carbocycles. The maximum Gasteiger partial charge on any atom is 0.191 e. The van der Waals surface area contributed by atoms with E-state index in [1.165, 1.54) is 17.8 Å². The van der Waals surface area contributed by atoms with E-state index in [0.717, 1.165) is 23.9 Å². The van der Waals surface area contributed by atoms with E-state index in [1.807, 2.05) is 4.57 Å². The Bertz CT molecular complexity index is 567. The Morgan fingerprint density at radius 2 is 2.20 bits per heavy atom. The van der Waals surface area contributed by atoms with Crippen molar-refractivity contribution in [3.63, 3.8) is 0 Å². The quantitative estimate of drug-likeness (QED) is 0.832. The number of hydrogen-bond donors (Lipinski definition) is 1. The number of nitrogens with two attached hydrogens (primary N) is 1. The molecule has 0 fully saturated rings. The molecular formula is C13H16ClFN4S. The summed E-state index contributed by atoms with van der Waals surface area (Å²) in [4.78, 5) is 0. The smallest absolute Gasteiger partial charge is 0.191 e. The van der Waals surface area contributed by atoms with Crippen LogP contribution in [0.25, 0.3) is 0 Å². The van der Waals surface area contributed by atoms with Gasteiger partial charge in [0.2, 0.25) is 0 Å². The molecule has 20 heavy (non-hydrogen) atoms. The molecule has 0 aliphatic heterocycles. The van der Waals surface area contributed by atoms with Gasteiger partial charge in [-0.1, -0.05) is 36.4 Å². The van der Waals surface area contributed by atoms with Gasteiger partial charge in [0, 0.05) is 22.9 Å². The fraction of sp³-hybridized carbons (Fsp3) is 0.385. The lowest BCUT2D eigenvalue weighted by Gasteiger charge is -2.08. The highest BCUT2D eigenvalue weighted by Gasteiger charge is 2.13. The first kappa shape index (κ1) is 15.3. The van der Waals surface area contributed by atoms with Crippen LogP contribution in [0.1, 0.15) is 24.7 Å². The third-order valence-corrected chi connectivity index (χ3v) is 4.18. The molecule has 0 spiro atoms. The van der Waals surface area contributed by atoms with Gasteiger partial charge in [-0.2, -0.15) is 0 Å². The van der Waals surface area contributed by atoms with E-state index < -0.39 is 0 Å². The number of aromatic nitrogens is 3. The van der Waals surface area contributed by atoms with E-state index in [4.69, 9.17) is 17.3 Å². The Balaban J connectivity index is 2.17. The maximum absolute atomic E-state index is 13.7. The van der Waals surface area contributed by atoms with Crippen molar-refractivity contribution in [2.24, 2.45) is 5.73 Å². The first-order valence-corrected chi connectivity index (χ1v) is 7.71. The van der Waals surface area contributed by atoms with E-state index in [9.17, 15) is 4.39 Å². The van der Waals surface area contributed by atoms with Crippen molar-refractivity contribution >= 4 is 23.4 Å². The van der Waals surface area contributed by atoms with Gasteiger partial charge in [0.15, 0.2) is 5.16 Å². The Morgan fingerprint density at radius 3 is 2.85 bits per heavy atom. The molecule has 2 aromatic rings. The molecule has 0 aliphatic rings. The van der Waals surface area contributed by atoms with Crippen LogP contribution in [0.2, 0.25) is 5.02 Å². The fourth-order valence-electron chi connectivity index (χ4n) is 1.83. The molecular weight excluding hydrogens is 299 g/mol. The molecule has 2 N–H and O–H groups in total. The SMILES string of the molecule is CCCn1c(CN)nnc1SCc1c(F)cccc1Cl. The Kier molecular flexibility index (Phi) is 5.39. The van der Waals surface area contributed by atoms with Gasteiger partial charge < -0.3 is 10.3 Å². The third-order valence-electron chi connectivity index (χ3n) is 2.83. The summed E-state index contributed by atoms with van der Waals surface area (Å²) < 4.78 is 15.7. The summed E-state index contributed by atoms with van der Waals surface area (Å²) in [6.45, 7) is 3.21. The lowest BCUT2D eigenvalue weighted by atomic mass is 10.2. The Morgan fingerprint density at radius 1 is 1.40 bits per heavy atom. The van der Waals surface area contributed by atoms with Gasteiger partial charge in [0.25, 0.3) is 0 Å². The molecule has 2 rings (SSSR count). The van der Waals surface area contributed by atoms with Crippen molar-refractivity contribution in [3.8, 4) is 0 Å². The Labute approximate surface area is 126 Å². The van der Waals surface area contributed by atoms with Gasteiger partial charge >= 0.3 is 0 Å². The summed E-state index contributed by atoms with van der Waals surface area (Å²) in [6, 6.07) is 4.68. The van der Waals surface area contributed by atoms with E-state index in [0.29, 0.717) is 22.9 Å². The highest BCUT2D eigenvalue weighted by atomic mass is 35.5. The molecule has 0 bridgehead atoms. The van der Waals surface area contributed by atoms with Gasteiger partial charge in [-0.05, 0) is 18.6 Å². The fourth-order valence-corrected chi connectivity index (χ4v) is 3.16. The number of benzene rings is 1. The van der Waals surface area contributed by atoms with Crippen LogP contribution >= 0.6 is 23.4 Å². The van der Waals surface area contributed by atoms with Crippen LogP contribution in [0.3, 0.4) is 0 Å². The molecule has 0 atom stereocenters. The van der Waals surface area contributed by atoms with E-state index >= 15 is 0 Å². The summed E-state index contributed by atoms with van der Waals surface area (Å²) in [6.07, 6.45) is 0.957. The van der Waals surface area contributed by atoms with Crippen LogP contribution < -0.4 is 5.73 Å². The second-order valence-corrected chi connectivity index (χ2v) is 5.59. The average molecular weight is 315 g/mol. The second-order valence-electron chi connectivity index (χ2n) is 4.24. The minimum Gasteiger partial charge on any atom is -0.324 e. The number of halogens is 2. The lowest BCUT2D eigenvalue weighted by molar-refractivity contribution is 0.591. The first-order valence-electron chi connectivity index (χ1n) is 6.35. The predicted molar refractivity (Wildman–Crippen MR) is 79.2 cm³/mol. The molecule has 1 aromatic heterocycles. The standard InChI is InChI=1S/C13H16ClFN4S/c1-2-6-19-12(7-16)17-18-13(19)20-8-9-10(14)4-3-5-11(9)15/h3-5H,2,6-8,16H2,1H3. The minimum absolute atomic E-state index is 0.300. The van der Waals surface area contributed by atoms with Crippen molar-refractivity contribution in [3.05, 3.63) is 40.4 Å². The number of nitrogens with zero attached hydrogens (tertiary/aromatic N) is 3. The predicted octanol–water partition coefficient (Wildman–Crippen LogP) is 3.23. The molecule has 1 heterocycles. The lowest BCUT2D eigenvalue weighted by Crippen LogP contribution is -2.09. The van der Waals surface area contributed by atoms with Gasteiger partial charge in [-0.3, -0.25) is 0 Å². The zero-order chi connectivity index (χ0) is 14.5. The molecule has 0 saturated carbocycles. The summed E-state index contributed by atoms with van der Waals surface area (Å²) >= 11 is 7.43. The number of thioether (sulfide) groups is 1. The van der Waals surface area contributed by atoms with Crippen molar-refractivity contribution < 1.29 is 4.39 Å². The van der Waals surface area contributed by atoms with Crippen molar-refractivity contribution in [2.75, 3.05) is 0 Å². The van der Waals surface area contributed by atoms with Gasteiger partial charge in [-0.15, -0.1) is 10.2 Å². The van der Waals surface area contributed by atoms with Crippen LogP contribution in [0.4, 0.5) is 4.39 Å². The van der Waals surface area contributed by atoms with Crippen molar-refractivity contribution in [1.29, 1.82) is 0 Å². The molecule has 0 saturated heterocycles. The summed E-state index contributed by atoms with van der Waals surface area (Å²) in [7, 11) is 0. The van der Waals surface area contributed by atoms with Gasteiger partial charge in [-0.25, -0.2) is 4.39 Å². The highest BCUT2D eigenvalue weighted by Crippen LogP contribution is 2.28. The topological polar surface area (TPSA) is 56.7 Å². The van der Waals surface area contributed by atoms with Crippen LogP contribution in [0.15, 0.2) is 23.4 Å². The van der Waals surface area contributed by atoms with Crippen LogP contribution in [-0.4, -0.2) is 14.8 Å². The normalized spacial score (nSPS) is 11.0. The van der Waals surface area contributed by atoms with Crippen LogP contribution in [0.5, 0.6) is 0 Å². The van der Waals surface area contributed by atoms with Gasteiger partial charge in [0.05, 0.1) is 6.54 Å². The molecule has 4 nitrogen and oxygen atoms in total. The van der Waals surface area contributed by atoms with Crippen LogP contribution in [0, 0.1) is 5.82 Å². The van der Waals surface area contributed by atoms with E-state index in [1.54, 1.807) is 12.1 Å². The first-order chi connectivity index (χ1) is 9.67. The minimum atomic E-state index is -0.300. The second kappa shape index (κ2) is 7.06. The summed E-state index contributed by atoms with van der Waals surface area (Å²) in [5.74, 6) is 0.859. The molecule has 0 amide bonds. The van der Waals surface area contributed by atoms with E-state index in [-0.39, 0.29) is 5.82 Å². The van der Waals surface area contributed by atoms with Crippen LogP contribution in [-0.2, 0) is 18.8 Å². The number of hydrogen-bond acceptors (Lipinski definition) is 4. The highest BCUT2D eigenvalue weighted by molar-refractivity contribution is 7.98. The van der Waals surface area contributed by atoms with Crippen molar-refractivity contribution in [1.82, 2.24) is 14.8 Å². The molecule has 7 heteroatoms.